The number of amides is 1. The number of benzene rings is 1. The molecule has 0 radical (unpaired) electrons. The zero-order valence-electron chi connectivity index (χ0n) is 12.4. The highest BCUT2D eigenvalue weighted by molar-refractivity contribution is 6.34. The molecular weight excluding hydrogens is 307 g/mol. The van der Waals surface area contributed by atoms with E-state index in [9.17, 15) is 4.79 Å². The second-order valence-corrected chi connectivity index (χ2v) is 6.51. The molecule has 0 bridgehead atoms. The van der Waals surface area contributed by atoms with Gasteiger partial charge in [-0.3, -0.25) is 4.79 Å². The topological polar surface area (TPSA) is 32.3 Å². The van der Waals surface area contributed by atoms with Crippen LogP contribution >= 0.6 is 23.2 Å². The van der Waals surface area contributed by atoms with E-state index in [1.807, 2.05) is 12.1 Å². The monoisotopic (exact) mass is 328 g/mol. The summed E-state index contributed by atoms with van der Waals surface area (Å²) in [4.78, 5) is 14.4. The summed E-state index contributed by atoms with van der Waals surface area (Å²) in [6.07, 6.45) is 2.85. The average Bonchev–Trinajstić information content (AvgIpc) is 2.45. The normalized spacial score (nSPS) is 16.9. The third-order valence-corrected chi connectivity index (χ3v) is 4.48. The molecule has 116 valence electrons. The molecule has 0 aliphatic carbocycles. The van der Waals surface area contributed by atoms with Crippen LogP contribution in [0.15, 0.2) is 18.2 Å². The van der Waals surface area contributed by atoms with E-state index in [-0.39, 0.29) is 5.91 Å². The van der Waals surface area contributed by atoms with Gasteiger partial charge in [-0.2, -0.15) is 0 Å². The van der Waals surface area contributed by atoms with Crippen LogP contribution in [-0.4, -0.2) is 30.4 Å². The van der Waals surface area contributed by atoms with Crippen molar-refractivity contribution in [2.45, 2.75) is 32.7 Å². The lowest BCUT2D eigenvalue weighted by atomic mass is 9.93. The Kier molecular flexibility index (Phi) is 6.34. The molecular formula is C16H22Cl2N2O. The van der Waals surface area contributed by atoms with E-state index in [1.165, 1.54) is 0 Å². The van der Waals surface area contributed by atoms with Gasteiger partial charge in [-0.25, -0.2) is 0 Å². The lowest BCUT2D eigenvalue weighted by Gasteiger charge is -2.30. The molecule has 1 aromatic rings. The van der Waals surface area contributed by atoms with Crippen molar-refractivity contribution >= 4 is 29.1 Å². The van der Waals surface area contributed by atoms with E-state index in [0.29, 0.717) is 28.9 Å². The summed E-state index contributed by atoms with van der Waals surface area (Å²) < 4.78 is 0. The van der Waals surface area contributed by atoms with Gasteiger partial charge < -0.3 is 10.2 Å². The van der Waals surface area contributed by atoms with Gasteiger partial charge in [0.15, 0.2) is 0 Å². The molecule has 21 heavy (non-hydrogen) atoms. The van der Waals surface area contributed by atoms with E-state index in [2.05, 4.69) is 17.1 Å². The molecule has 0 aromatic heterocycles. The number of hydrogen-bond acceptors (Lipinski definition) is 2. The molecule has 0 saturated carbocycles. The fourth-order valence-corrected chi connectivity index (χ4v) is 3.33. The fourth-order valence-electron chi connectivity index (χ4n) is 2.75. The molecule has 2 rings (SSSR count). The van der Waals surface area contributed by atoms with Crippen LogP contribution < -0.4 is 5.32 Å². The maximum atomic E-state index is 12.0. The number of hydrogen-bond donors (Lipinski definition) is 1. The Balaban J connectivity index is 1.75. The van der Waals surface area contributed by atoms with Crippen molar-refractivity contribution in [2.24, 2.45) is 5.92 Å². The van der Waals surface area contributed by atoms with Gasteiger partial charge in [0.05, 0.1) is 0 Å². The SMILES string of the molecule is CCN1CCC(CC(=O)NCc2cc(Cl)cc(Cl)c2)CC1. The number of nitrogens with zero attached hydrogens (tertiary/aromatic N) is 1. The van der Waals surface area contributed by atoms with Gasteiger partial charge in [-0.1, -0.05) is 30.1 Å². The molecule has 1 saturated heterocycles. The second kappa shape index (κ2) is 8.02. The predicted octanol–water partition coefficient (Wildman–Crippen LogP) is 3.73. The zero-order chi connectivity index (χ0) is 15.2. The molecule has 5 heteroatoms. The number of carbonyl (C=O) groups excluding carboxylic acids is 1. The summed E-state index contributed by atoms with van der Waals surface area (Å²) in [6, 6.07) is 5.34. The van der Waals surface area contributed by atoms with Gasteiger partial charge in [0.1, 0.15) is 0 Å². The minimum Gasteiger partial charge on any atom is -0.352 e. The van der Waals surface area contributed by atoms with Crippen LogP contribution in [0.25, 0.3) is 0 Å². The fraction of sp³-hybridized carbons (Fsp3) is 0.562. The summed E-state index contributed by atoms with van der Waals surface area (Å²) in [5.74, 6) is 0.622. The minimum atomic E-state index is 0.112. The predicted molar refractivity (Wildman–Crippen MR) is 87.8 cm³/mol. The molecule has 0 atom stereocenters. The van der Waals surface area contributed by atoms with E-state index in [4.69, 9.17) is 23.2 Å². The van der Waals surface area contributed by atoms with Crippen molar-refractivity contribution in [3.8, 4) is 0 Å². The third kappa shape index (κ3) is 5.50. The van der Waals surface area contributed by atoms with Crippen molar-refractivity contribution in [3.05, 3.63) is 33.8 Å². The molecule has 0 spiro atoms. The van der Waals surface area contributed by atoms with Crippen LogP contribution in [0.3, 0.4) is 0 Å². The first kappa shape index (κ1) is 16.6. The largest absolute Gasteiger partial charge is 0.352 e. The van der Waals surface area contributed by atoms with E-state index < -0.39 is 0 Å². The van der Waals surface area contributed by atoms with E-state index in [0.717, 1.165) is 38.0 Å². The highest BCUT2D eigenvalue weighted by atomic mass is 35.5. The Labute approximate surface area is 136 Å². The highest BCUT2D eigenvalue weighted by Crippen LogP contribution is 2.21. The Morgan fingerprint density at radius 1 is 1.24 bits per heavy atom. The van der Waals surface area contributed by atoms with Crippen molar-refractivity contribution in [1.29, 1.82) is 0 Å². The number of halogens is 2. The number of piperidine rings is 1. The Hall–Kier alpha value is -0.770. The lowest BCUT2D eigenvalue weighted by Crippen LogP contribution is -2.35. The molecule has 0 unspecified atom stereocenters. The Morgan fingerprint density at radius 2 is 1.86 bits per heavy atom. The van der Waals surface area contributed by atoms with Crippen LogP contribution in [0.2, 0.25) is 10.0 Å². The number of carbonyl (C=O) groups is 1. The van der Waals surface area contributed by atoms with Crippen molar-refractivity contribution < 1.29 is 4.79 Å². The smallest absolute Gasteiger partial charge is 0.220 e. The molecule has 1 aromatic carbocycles. The van der Waals surface area contributed by atoms with Gasteiger partial charge in [-0.15, -0.1) is 0 Å². The molecule has 1 fully saturated rings. The van der Waals surface area contributed by atoms with Gasteiger partial charge in [0, 0.05) is 23.0 Å². The maximum absolute atomic E-state index is 12.0. The third-order valence-electron chi connectivity index (χ3n) is 4.04. The average molecular weight is 329 g/mol. The van der Waals surface area contributed by atoms with Gasteiger partial charge in [0.25, 0.3) is 0 Å². The minimum absolute atomic E-state index is 0.112. The number of nitrogens with one attached hydrogen (secondary N) is 1. The molecule has 3 nitrogen and oxygen atoms in total. The summed E-state index contributed by atoms with van der Waals surface area (Å²) >= 11 is 11.9. The standard InChI is InChI=1S/C16H22Cl2N2O/c1-2-20-5-3-12(4-6-20)9-16(21)19-11-13-7-14(17)10-15(18)8-13/h7-8,10,12H,2-6,9,11H2,1H3,(H,19,21). The highest BCUT2D eigenvalue weighted by Gasteiger charge is 2.20. The van der Waals surface area contributed by atoms with Gasteiger partial charge in [0.2, 0.25) is 5.91 Å². The maximum Gasteiger partial charge on any atom is 0.220 e. The molecule has 1 N–H and O–H groups in total. The van der Waals surface area contributed by atoms with Crippen LogP contribution in [0.1, 0.15) is 31.7 Å². The Bertz CT molecular complexity index is 465. The zero-order valence-corrected chi connectivity index (χ0v) is 13.9. The first-order valence-electron chi connectivity index (χ1n) is 7.51. The number of likely N-dealkylation sites (tertiary alicyclic amines) is 1. The van der Waals surface area contributed by atoms with Crippen molar-refractivity contribution in [1.82, 2.24) is 10.2 Å². The Morgan fingerprint density at radius 3 is 2.43 bits per heavy atom. The van der Waals surface area contributed by atoms with Crippen LogP contribution in [0.5, 0.6) is 0 Å². The van der Waals surface area contributed by atoms with E-state index in [1.54, 1.807) is 6.07 Å². The van der Waals surface area contributed by atoms with Gasteiger partial charge >= 0.3 is 0 Å². The molecule has 1 aliphatic heterocycles. The molecule has 1 amide bonds. The summed E-state index contributed by atoms with van der Waals surface area (Å²) in [5.41, 5.74) is 0.932. The van der Waals surface area contributed by atoms with Crippen molar-refractivity contribution in [2.75, 3.05) is 19.6 Å². The second-order valence-electron chi connectivity index (χ2n) is 5.64. The molecule has 1 aliphatic rings. The summed E-state index contributed by atoms with van der Waals surface area (Å²) in [5, 5.41) is 4.15. The first-order valence-corrected chi connectivity index (χ1v) is 8.26. The van der Waals surface area contributed by atoms with E-state index >= 15 is 0 Å². The van der Waals surface area contributed by atoms with Crippen LogP contribution in [0.4, 0.5) is 0 Å². The van der Waals surface area contributed by atoms with Crippen molar-refractivity contribution in [3.63, 3.8) is 0 Å². The summed E-state index contributed by atoms with van der Waals surface area (Å²) in [6.45, 7) is 5.99. The molecule has 1 heterocycles. The quantitative estimate of drug-likeness (QED) is 0.893. The van der Waals surface area contributed by atoms with Crippen LogP contribution in [-0.2, 0) is 11.3 Å². The summed E-state index contributed by atoms with van der Waals surface area (Å²) in [7, 11) is 0. The van der Waals surface area contributed by atoms with Crippen LogP contribution in [0, 0.1) is 5.92 Å². The van der Waals surface area contributed by atoms with Gasteiger partial charge in [-0.05, 0) is 62.2 Å². The first-order chi connectivity index (χ1) is 10.1. The lowest BCUT2D eigenvalue weighted by molar-refractivity contribution is -0.122. The number of rotatable bonds is 5.